The van der Waals surface area contributed by atoms with Gasteiger partial charge in [0.25, 0.3) is 11.8 Å². The van der Waals surface area contributed by atoms with E-state index in [0.717, 1.165) is 4.57 Å². The molecule has 2 rings (SSSR count). The van der Waals surface area contributed by atoms with Gasteiger partial charge >= 0.3 is 5.95 Å². The van der Waals surface area contributed by atoms with E-state index in [1.165, 1.54) is 23.0 Å². The van der Waals surface area contributed by atoms with E-state index in [0.29, 0.717) is 11.4 Å². The molecule has 0 aliphatic carbocycles. The summed E-state index contributed by atoms with van der Waals surface area (Å²) in [7, 11) is 1.64. The van der Waals surface area contributed by atoms with Crippen molar-refractivity contribution in [2.45, 2.75) is 13.0 Å². The maximum atomic E-state index is 12.1. The zero-order valence-electron chi connectivity index (χ0n) is 14.3. The molecule has 146 valence electrons. The normalized spacial score (nSPS) is 9.96. The second-order valence-corrected chi connectivity index (χ2v) is 5.42. The number of aryl methyl sites for hydroxylation is 1. The van der Waals surface area contributed by atoms with E-state index in [1.807, 2.05) is 0 Å². The Balaban J connectivity index is 0.00000364. The summed E-state index contributed by atoms with van der Waals surface area (Å²) in [5.74, 6) is -1.34. The van der Waals surface area contributed by atoms with Crippen molar-refractivity contribution < 1.29 is 14.5 Å². The van der Waals surface area contributed by atoms with Gasteiger partial charge in [0.15, 0.2) is 6.54 Å². The molecule has 5 N–H and O–H groups in total. The molecule has 0 atom stereocenters. The van der Waals surface area contributed by atoms with Crippen LogP contribution in [0.3, 0.4) is 0 Å². The van der Waals surface area contributed by atoms with Gasteiger partial charge in [-0.15, -0.1) is 12.4 Å². The molecular weight excluding hydrogens is 380 g/mol. The molecule has 13 heteroatoms. The summed E-state index contributed by atoms with van der Waals surface area (Å²) in [4.78, 5) is 37.8. The number of nitrogens with one attached hydrogen (secondary N) is 3. The Kier molecular flexibility index (Phi) is 7.48. The molecule has 12 nitrogen and oxygen atoms in total. The molecule has 0 spiro atoms. The van der Waals surface area contributed by atoms with Crippen LogP contribution in [0.15, 0.2) is 24.7 Å². The van der Waals surface area contributed by atoms with E-state index >= 15 is 0 Å². The van der Waals surface area contributed by atoms with Gasteiger partial charge in [0.2, 0.25) is 0 Å². The van der Waals surface area contributed by atoms with Crippen molar-refractivity contribution in [2.75, 3.05) is 11.9 Å². The first-order valence-corrected chi connectivity index (χ1v) is 7.50. The minimum atomic E-state index is -0.681. The number of nitro groups is 1. The van der Waals surface area contributed by atoms with Gasteiger partial charge in [0, 0.05) is 26.2 Å². The van der Waals surface area contributed by atoms with Crippen molar-refractivity contribution in [3.05, 3.63) is 40.5 Å². The summed E-state index contributed by atoms with van der Waals surface area (Å²) in [5.41, 5.74) is 5.90. The molecule has 0 aliphatic heterocycles. The number of amidine groups is 1. The molecule has 2 aromatic rings. The average molecular weight is 399 g/mol. The molecule has 0 radical (unpaired) electrons. The van der Waals surface area contributed by atoms with Gasteiger partial charge in [0.05, 0.1) is 11.5 Å². The number of halogens is 1. The number of nitrogens with zero attached hydrogens (tertiary/aromatic N) is 4. The highest BCUT2D eigenvalue weighted by atomic mass is 35.5. The van der Waals surface area contributed by atoms with Crippen molar-refractivity contribution in [1.82, 2.24) is 19.4 Å². The maximum Gasteiger partial charge on any atom is 0.435 e. The van der Waals surface area contributed by atoms with Crippen LogP contribution in [0.1, 0.15) is 16.9 Å². The highest BCUT2D eigenvalue weighted by molar-refractivity contribution is 5.96. The number of nitrogens with two attached hydrogens (primary N) is 1. The van der Waals surface area contributed by atoms with Crippen LogP contribution in [0.4, 0.5) is 11.6 Å². The lowest BCUT2D eigenvalue weighted by Crippen LogP contribution is -2.28. The van der Waals surface area contributed by atoms with E-state index < -0.39 is 16.8 Å². The van der Waals surface area contributed by atoms with E-state index in [-0.39, 0.29) is 43.7 Å². The van der Waals surface area contributed by atoms with E-state index in [9.17, 15) is 19.7 Å². The predicted molar refractivity (Wildman–Crippen MR) is 99.0 cm³/mol. The number of anilines is 1. The van der Waals surface area contributed by atoms with Crippen LogP contribution in [0.2, 0.25) is 0 Å². The molecule has 0 saturated carbocycles. The van der Waals surface area contributed by atoms with Gasteiger partial charge < -0.3 is 31.0 Å². The maximum absolute atomic E-state index is 12.1. The van der Waals surface area contributed by atoms with E-state index in [1.54, 1.807) is 13.2 Å². The van der Waals surface area contributed by atoms with Gasteiger partial charge in [-0.2, -0.15) is 0 Å². The fourth-order valence-corrected chi connectivity index (χ4v) is 2.21. The minimum absolute atomic E-state index is 0. The van der Waals surface area contributed by atoms with Crippen molar-refractivity contribution >= 4 is 41.7 Å². The number of hydrogen-bond acceptors (Lipinski definition) is 6. The third kappa shape index (κ3) is 5.81. The number of rotatable bonds is 8. The Labute approximate surface area is 159 Å². The van der Waals surface area contributed by atoms with Crippen LogP contribution in [0.25, 0.3) is 0 Å². The fourth-order valence-electron chi connectivity index (χ4n) is 2.21. The molecule has 2 aromatic heterocycles. The monoisotopic (exact) mass is 398 g/mol. The van der Waals surface area contributed by atoms with Crippen LogP contribution >= 0.6 is 12.4 Å². The number of imidazole rings is 1. The quantitative estimate of drug-likeness (QED) is 0.214. The molecule has 0 bridgehead atoms. The summed E-state index contributed by atoms with van der Waals surface area (Å²) >= 11 is 0. The molecule has 0 aromatic carbocycles. The second-order valence-electron chi connectivity index (χ2n) is 5.42. The van der Waals surface area contributed by atoms with Gasteiger partial charge in [0.1, 0.15) is 18.1 Å². The Morgan fingerprint density at radius 1 is 1.44 bits per heavy atom. The lowest BCUT2D eigenvalue weighted by molar-refractivity contribution is -0.396. The first-order chi connectivity index (χ1) is 12.3. The van der Waals surface area contributed by atoms with Crippen LogP contribution in [0.5, 0.6) is 0 Å². The number of carbonyl (C=O) groups excluding carboxylic acids is 2. The molecular formula is C14H19ClN8O4. The third-order valence-corrected chi connectivity index (χ3v) is 3.37. The van der Waals surface area contributed by atoms with Crippen molar-refractivity contribution in [3.63, 3.8) is 0 Å². The highest BCUT2D eigenvalue weighted by Gasteiger charge is 2.18. The Morgan fingerprint density at radius 3 is 2.78 bits per heavy atom. The molecule has 0 fully saturated rings. The molecule has 2 amide bonds. The summed E-state index contributed by atoms with van der Waals surface area (Å²) < 4.78 is 2.63. The molecule has 27 heavy (non-hydrogen) atoms. The molecule has 0 aliphatic rings. The van der Waals surface area contributed by atoms with Gasteiger partial charge in [-0.3, -0.25) is 15.0 Å². The lowest BCUT2D eigenvalue weighted by Gasteiger charge is -2.04. The minimum Gasteiger partial charge on any atom is -0.390 e. The number of aromatic nitrogens is 3. The fraction of sp³-hybridized carbons (Fsp3) is 0.286. The van der Waals surface area contributed by atoms with Gasteiger partial charge in [-0.1, -0.05) is 4.98 Å². The van der Waals surface area contributed by atoms with Crippen molar-refractivity contribution in [2.24, 2.45) is 12.8 Å². The number of hydrogen-bond donors (Lipinski definition) is 4. The molecule has 0 unspecified atom stereocenters. The lowest BCUT2D eigenvalue weighted by atomic mass is 10.3. The Bertz CT molecular complexity index is 859. The van der Waals surface area contributed by atoms with E-state index in [4.69, 9.17) is 11.1 Å². The van der Waals surface area contributed by atoms with Crippen LogP contribution in [-0.2, 0) is 18.4 Å². The zero-order valence-corrected chi connectivity index (χ0v) is 15.2. The second kappa shape index (κ2) is 9.33. The topological polar surface area (TPSA) is 174 Å². The van der Waals surface area contributed by atoms with Crippen LogP contribution < -0.4 is 16.4 Å². The van der Waals surface area contributed by atoms with Crippen LogP contribution in [-0.4, -0.2) is 43.2 Å². The number of amides is 2. The third-order valence-electron chi connectivity index (χ3n) is 3.37. The van der Waals surface area contributed by atoms with Gasteiger partial charge in [-0.05, 0) is 11.0 Å². The predicted octanol–water partition coefficient (Wildman–Crippen LogP) is 0.246. The van der Waals surface area contributed by atoms with Crippen molar-refractivity contribution in [1.29, 1.82) is 5.41 Å². The van der Waals surface area contributed by atoms with Crippen molar-refractivity contribution in [3.8, 4) is 0 Å². The standard InChI is InChI=1S/C14H18N8O4.ClH/c1-20-7-9(6-10(20)13(24)17-3-2-11(15)16)19-12(23)8-21-5-4-18-14(21)22(25)26;/h4-7H,2-3,8H2,1H3,(H3,15,16)(H,17,24)(H,19,23);1H. The van der Waals surface area contributed by atoms with Crippen LogP contribution in [0, 0.1) is 15.5 Å². The summed E-state index contributed by atoms with van der Waals surface area (Å²) in [6.07, 6.45) is 4.34. The Hall–Kier alpha value is -3.41. The number of carbonyl (C=O) groups is 2. The summed E-state index contributed by atoms with van der Waals surface area (Å²) in [5, 5.41) is 23.1. The SMILES string of the molecule is Cl.Cn1cc(NC(=O)Cn2ccnc2[N+](=O)[O-])cc1C(=O)NCCC(=N)N. The first-order valence-electron chi connectivity index (χ1n) is 7.50. The highest BCUT2D eigenvalue weighted by Crippen LogP contribution is 2.14. The molecule has 0 saturated heterocycles. The summed E-state index contributed by atoms with van der Waals surface area (Å²) in [6.45, 7) is -0.0588. The molecule has 2 heterocycles. The largest absolute Gasteiger partial charge is 0.435 e. The first kappa shape index (κ1) is 21.6. The Morgan fingerprint density at radius 2 is 2.15 bits per heavy atom. The smallest absolute Gasteiger partial charge is 0.390 e. The summed E-state index contributed by atoms with van der Waals surface area (Å²) in [6, 6.07) is 1.48. The van der Waals surface area contributed by atoms with E-state index in [2.05, 4.69) is 15.6 Å². The van der Waals surface area contributed by atoms with Gasteiger partial charge in [-0.25, -0.2) is 4.57 Å². The average Bonchev–Trinajstić information content (AvgIpc) is 3.13. The zero-order chi connectivity index (χ0) is 19.3.